The second-order valence-electron chi connectivity index (χ2n) is 4.95. The Morgan fingerprint density at radius 3 is 2.95 bits per heavy atom. The monoisotopic (exact) mass is 289 g/mol. The van der Waals surface area contributed by atoms with E-state index in [1.165, 1.54) is 16.5 Å². The quantitative estimate of drug-likeness (QED) is 0.724. The molecular formula is C16H23N3O2. The number of ether oxygens (including phenoxy) is 1. The number of rotatable bonds is 8. The second-order valence-corrected chi connectivity index (χ2v) is 4.95. The number of methoxy groups -OCH3 is 1. The average molecular weight is 289 g/mol. The van der Waals surface area contributed by atoms with Gasteiger partial charge in [0.1, 0.15) is 0 Å². The lowest BCUT2D eigenvalue weighted by molar-refractivity contribution is -0.120. The van der Waals surface area contributed by atoms with E-state index in [0.29, 0.717) is 19.6 Å². The molecule has 1 amide bonds. The summed E-state index contributed by atoms with van der Waals surface area (Å²) in [5, 5.41) is 7.25. The zero-order valence-electron chi connectivity index (χ0n) is 12.7. The molecule has 2 N–H and O–H groups in total. The lowest BCUT2D eigenvalue weighted by atomic mass is 10.1. The number of carbonyl (C=O) groups is 1. The number of hydrogen-bond donors (Lipinski definition) is 2. The first-order chi connectivity index (χ1) is 10.3. The molecule has 2 rings (SSSR count). The Labute approximate surface area is 125 Å². The number of nitrogens with zero attached hydrogens (tertiary/aromatic N) is 1. The van der Waals surface area contributed by atoms with E-state index in [-0.39, 0.29) is 5.91 Å². The summed E-state index contributed by atoms with van der Waals surface area (Å²) >= 11 is 0. The highest BCUT2D eigenvalue weighted by Gasteiger charge is 2.06. The van der Waals surface area contributed by atoms with Crippen molar-refractivity contribution in [3.63, 3.8) is 0 Å². The van der Waals surface area contributed by atoms with E-state index >= 15 is 0 Å². The van der Waals surface area contributed by atoms with Crippen molar-refractivity contribution < 1.29 is 9.53 Å². The summed E-state index contributed by atoms with van der Waals surface area (Å²) in [6.07, 6.45) is 2.54. The third-order valence-corrected chi connectivity index (χ3v) is 3.56. The molecule has 0 saturated heterocycles. The van der Waals surface area contributed by atoms with E-state index in [2.05, 4.69) is 39.5 Å². The molecule has 0 aliphatic carbocycles. The molecule has 0 spiro atoms. The predicted molar refractivity (Wildman–Crippen MR) is 84.2 cm³/mol. The van der Waals surface area contributed by atoms with Gasteiger partial charge in [0.05, 0.1) is 6.61 Å². The van der Waals surface area contributed by atoms with Crippen LogP contribution in [0.2, 0.25) is 0 Å². The standard InChI is InChI=1S/C16H23N3O2/c1-17-16(20)7-10-19-9-6-14-13(4-3-5-15(14)19)12-18-8-11-21-2/h3-6,9,18H,7-8,10-12H2,1-2H3,(H,17,20). The fourth-order valence-electron chi connectivity index (χ4n) is 2.38. The van der Waals surface area contributed by atoms with E-state index in [1.807, 2.05) is 6.20 Å². The van der Waals surface area contributed by atoms with Crippen molar-refractivity contribution in [3.05, 3.63) is 36.0 Å². The van der Waals surface area contributed by atoms with E-state index in [1.54, 1.807) is 14.2 Å². The van der Waals surface area contributed by atoms with Crippen molar-refractivity contribution in [1.29, 1.82) is 0 Å². The van der Waals surface area contributed by atoms with Gasteiger partial charge in [-0.3, -0.25) is 4.79 Å². The normalized spacial score (nSPS) is 11.0. The van der Waals surface area contributed by atoms with Crippen LogP contribution in [0.1, 0.15) is 12.0 Å². The number of nitrogens with one attached hydrogen (secondary N) is 2. The van der Waals surface area contributed by atoms with Crippen molar-refractivity contribution in [2.24, 2.45) is 0 Å². The van der Waals surface area contributed by atoms with Gasteiger partial charge in [-0.15, -0.1) is 0 Å². The third kappa shape index (κ3) is 4.06. The molecule has 0 fully saturated rings. The largest absolute Gasteiger partial charge is 0.383 e. The molecule has 0 saturated carbocycles. The minimum absolute atomic E-state index is 0.0641. The van der Waals surface area contributed by atoms with Crippen LogP contribution in [0.4, 0.5) is 0 Å². The lowest BCUT2D eigenvalue weighted by Crippen LogP contribution is -2.19. The highest BCUT2D eigenvalue weighted by Crippen LogP contribution is 2.20. The molecule has 1 heterocycles. The number of fused-ring (bicyclic) bond motifs is 1. The lowest BCUT2D eigenvalue weighted by Gasteiger charge is -2.08. The van der Waals surface area contributed by atoms with Crippen molar-refractivity contribution in [2.75, 3.05) is 27.3 Å². The van der Waals surface area contributed by atoms with E-state index in [0.717, 1.165) is 13.1 Å². The molecule has 5 nitrogen and oxygen atoms in total. The summed E-state index contributed by atoms with van der Waals surface area (Å²) in [6, 6.07) is 8.40. The number of amides is 1. The highest BCUT2D eigenvalue weighted by atomic mass is 16.5. The molecule has 1 aromatic heterocycles. The van der Waals surface area contributed by atoms with Gasteiger partial charge < -0.3 is 19.9 Å². The van der Waals surface area contributed by atoms with Crippen LogP contribution in [0.3, 0.4) is 0 Å². The zero-order chi connectivity index (χ0) is 15.1. The van der Waals surface area contributed by atoms with Crippen LogP contribution in [-0.2, 0) is 22.6 Å². The first-order valence-corrected chi connectivity index (χ1v) is 7.23. The number of aromatic nitrogens is 1. The van der Waals surface area contributed by atoms with Crippen LogP contribution in [0, 0.1) is 0 Å². The maximum Gasteiger partial charge on any atom is 0.221 e. The fourth-order valence-corrected chi connectivity index (χ4v) is 2.38. The number of hydrogen-bond acceptors (Lipinski definition) is 3. The van der Waals surface area contributed by atoms with Crippen molar-refractivity contribution in [2.45, 2.75) is 19.5 Å². The topological polar surface area (TPSA) is 55.3 Å². The van der Waals surface area contributed by atoms with Crippen molar-refractivity contribution >= 4 is 16.8 Å². The summed E-state index contributed by atoms with van der Waals surface area (Å²) < 4.78 is 7.16. The summed E-state index contributed by atoms with van der Waals surface area (Å²) in [5.41, 5.74) is 2.44. The molecule has 0 aliphatic heterocycles. The van der Waals surface area contributed by atoms with E-state index < -0.39 is 0 Å². The molecule has 5 heteroatoms. The van der Waals surface area contributed by atoms with Crippen molar-refractivity contribution in [1.82, 2.24) is 15.2 Å². The molecular weight excluding hydrogens is 266 g/mol. The third-order valence-electron chi connectivity index (χ3n) is 3.56. The first-order valence-electron chi connectivity index (χ1n) is 7.23. The highest BCUT2D eigenvalue weighted by molar-refractivity contribution is 5.84. The molecule has 0 unspecified atom stereocenters. The molecule has 2 aromatic rings. The van der Waals surface area contributed by atoms with Crippen LogP contribution in [0.5, 0.6) is 0 Å². The summed E-state index contributed by atoms with van der Waals surface area (Å²) in [6.45, 7) is 3.07. The Kier molecular flexibility index (Phi) is 5.78. The molecule has 114 valence electrons. The Morgan fingerprint density at radius 2 is 2.19 bits per heavy atom. The number of benzene rings is 1. The average Bonchev–Trinajstić information content (AvgIpc) is 2.93. The molecule has 21 heavy (non-hydrogen) atoms. The number of carbonyl (C=O) groups excluding carboxylic acids is 1. The van der Waals surface area contributed by atoms with Crippen LogP contribution in [0.25, 0.3) is 10.9 Å². The molecule has 0 radical (unpaired) electrons. The van der Waals surface area contributed by atoms with Gasteiger partial charge in [0.15, 0.2) is 0 Å². The minimum atomic E-state index is 0.0641. The van der Waals surface area contributed by atoms with Gasteiger partial charge in [0.2, 0.25) is 5.91 Å². The molecule has 0 atom stereocenters. The van der Waals surface area contributed by atoms with Gasteiger partial charge in [0.25, 0.3) is 0 Å². The molecule has 0 aliphatic rings. The predicted octanol–water partition coefficient (Wildman–Crippen LogP) is 1.51. The SMILES string of the molecule is CNC(=O)CCn1ccc2c(CNCCOC)cccc21. The van der Waals surface area contributed by atoms with Crippen LogP contribution in [-0.4, -0.2) is 37.8 Å². The van der Waals surface area contributed by atoms with E-state index in [4.69, 9.17) is 4.74 Å². The summed E-state index contributed by atoms with van der Waals surface area (Å²) in [5.74, 6) is 0.0641. The van der Waals surface area contributed by atoms with Crippen LogP contribution in [0.15, 0.2) is 30.5 Å². The summed E-state index contributed by atoms with van der Waals surface area (Å²) in [7, 11) is 3.37. The second kappa shape index (κ2) is 7.81. The van der Waals surface area contributed by atoms with Crippen LogP contribution < -0.4 is 10.6 Å². The Morgan fingerprint density at radius 1 is 1.33 bits per heavy atom. The zero-order valence-corrected chi connectivity index (χ0v) is 12.7. The smallest absolute Gasteiger partial charge is 0.221 e. The Bertz CT molecular complexity index is 592. The van der Waals surface area contributed by atoms with Crippen molar-refractivity contribution in [3.8, 4) is 0 Å². The van der Waals surface area contributed by atoms with Gasteiger partial charge in [-0.1, -0.05) is 12.1 Å². The van der Waals surface area contributed by atoms with E-state index in [9.17, 15) is 4.79 Å². The molecule has 1 aromatic carbocycles. The maximum atomic E-state index is 11.4. The maximum absolute atomic E-state index is 11.4. The molecule has 0 bridgehead atoms. The van der Waals surface area contributed by atoms with Gasteiger partial charge in [-0.25, -0.2) is 0 Å². The Hall–Kier alpha value is -1.85. The van der Waals surface area contributed by atoms with Gasteiger partial charge in [0, 0.05) is 57.3 Å². The summed E-state index contributed by atoms with van der Waals surface area (Å²) in [4.78, 5) is 11.4. The fraction of sp³-hybridized carbons (Fsp3) is 0.438. The van der Waals surface area contributed by atoms with Gasteiger partial charge in [-0.2, -0.15) is 0 Å². The first kappa shape index (κ1) is 15.5. The number of aryl methyl sites for hydroxylation is 1. The Balaban J connectivity index is 2.07. The van der Waals surface area contributed by atoms with Crippen LogP contribution >= 0.6 is 0 Å². The van der Waals surface area contributed by atoms with Gasteiger partial charge in [-0.05, 0) is 17.7 Å². The minimum Gasteiger partial charge on any atom is -0.383 e. The van der Waals surface area contributed by atoms with Gasteiger partial charge >= 0.3 is 0 Å².